The van der Waals surface area contributed by atoms with Gasteiger partial charge in [0.05, 0.1) is 4.90 Å². The Bertz CT molecular complexity index is 1350. The Morgan fingerprint density at radius 3 is 2.05 bits per heavy atom. The molecule has 1 atom stereocenters. The van der Waals surface area contributed by atoms with Gasteiger partial charge in [0.1, 0.15) is 6.04 Å². The van der Waals surface area contributed by atoms with Crippen LogP contribution in [0.5, 0.6) is 0 Å². The zero-order valence-corrected chi connectivity index (χ0v) is 24.1. The standard InChI is InChI=1S/C32H39N3O4S/c1-25(2)23-33-32(37)31(28-13-7-4-8-14-28)35(24-27-11-5-3-6-12-27)30(36)20-17-26-15-18-29(19-16-26)40(38,39)34-21-9-10-22-34/h3-8,11-16,18-19,25,31H,9-10,17,20-24H2,1-2H3,(H,33,37)/t31-/m1/s1. The fourth-order valence-corrected chi connectivity index (χ4v) is 6.43. The van der Waals surface area contributed by atoms with Gasteiger partial charge in [0.25, 0.3) is 0 Å². The number of hydrogen-bond donors (Lipinski definition) is 1. The number of carbonyl (C=O) groups excluding carboxylic acids is 2. The van der Waals surface area contributed by atoms with Gasteiger partial charge in [-0.1, -0.05) is 86.6 Å². The average Bonchev–Trinajstić information content (AvgIpc) is 3.52. The van der Waals surface area contributed by atoms with Crippen molar-refractivity contribution in [3.8, 4) is 0 Å². The van der Waals surface area contributed by atoms with E-state index in [2.05, 4.69) is 5.32 Å². The summed E-state index contributed by atoms with van der Waals surface area (Å²) in [5, 5.41) is 3.03. The van der Waals surface area contributed by atoms with Crippen LogP contribution in [0.3, 0.4) is 0 Å². The molecule has 0 bridgehead atoms. The summed E-state index contributed by atoms with van der Waals surface area (Å²) in [4.78, 5) is 29.3. The maximum atomic E-state index is 13.8. The highest BCUT2D eigenvalue weighted by Crippen LogP contribution is 2.26. The van der Waals surface area contributed by atoms with Crippen LogP contribution < -0.4 is 5.32 Å². The van der Waals surface area contributed by atoms with Crippen LogP contribution in [0.2, 0.25) is 0 Å². The van der Waals surface area contributed by atoms with Gasteiger partial charge in [0.2, 0.25) is 21.8 Å². The van der Waals surface area contributed by atoms with Crippen molar-refractivity contribution >= 4 is 21.8 Å². The van der Waals surface area contributed by atoms with E-state index >= 15 is 0 Å². The Hall–Kier alpha value is -3.49. The summed E-state index contributed by atoms with van der Waals surface area (Å²) < 4.78 is 27.3. The molecule has 40 heavy (non-hydrogen) atoms. The van der Waals surface area contributed by atoms with Crippen LogP contribution >= 0.6 is 0 Å². The summed E-state index contributed by atoms with van der Waals surface area (Å²) in [7, 11) is -3.48. The third-order valence-electron chi connectivity index (χ3n) is 7.13. The molecule has 0 aliphatic carbocycles. The molecule has 2 amide bonds. The van der Waals surface area contributed by atoms with E-state index in [4.69, 9.17) is 0 Å². The molecule has 1 saturated heterocycles. The van der Waals surface area contributed by atoms with E-state index in [-0.39, 0.29) is 29.0 Å². The SMILES string of the molecule is CC(C)CNC(=O)[C@@H](c1ccccc1)N(Cc1ccccc1)C(=O)CCc1ccc(S(=O)(=O)N2CCCC2)cc1. The molecule has 0 unspecified atom stereocenters. The van der Waals surface area contributed by atoms with Crippen molar-refractivity contribution in [1.82, 2.24) is 14.5 Å². The van der Waals surface area contributed by atoms with Crippen molar-refractivity contribution in [2.24, 2.45) is 5.92 Å². The monoisotopic (exact) mass is 561 g/mol. The average molecular weight is 562 g/mol. The van der Waals surface area contributed by atoms with Crippen LogP contribution in [0.15, 0.2) is 89.8 Å². The molecule has 1 N–H and O–H groups in total. The summed E-state index contributed by atoms with van der Waals surface area (Å²) in [5.41, 5.74) is 2.56. The first kappa shape index (κ1) is 29.5. The number of aryl methyl sites for hydroxylation is 1. The molecule has 1 heterocycles. The minimum Gasteiger partial charge on any atom is -0.354 e. The molecule has 0 saturated carbocycles. The summed E-state index contributed by atoms with van der Waals surface area (Å²) in [6.45, 7) is 5.99. The number of nitrogens with one attached hydrogen (secondary N) is 1. The first-order chi connectivity index (χ1) is 19.3. The summed E-state index contributed by atoms with van der Waals surface area (Å²) in [5.74, 6) is -0.0808. The zero-order valence-electron chi connectivity index (χ0n) is 23.3. The molecule has 1 fully saturated rings. The molecule has 3 aromatic rings. The number of carbonyl (C=O) groups is 2. The molecule has 0 aromatic heterocycles. The van der Waals surface area contributed by atoms with Crippen LogP contribution in [-0.2, 0) is 32.6 Å². The lowest BCUT2D eigenvalue weighted by Crippen LogP contribution is -2.44. The fraction of sp³-hybridized carbons (Fsp3) is 0.375. The van der Waals surface area contributed by atoms with Gasteiger partial charge in [-0.3, -0.25) is 9.59 Å². The molecule has 3 aromatic carbocycles. The minimum absolute atomic E-state index is 0.147. The van der Waals surface area contributed by atoms with E-state index in [1.165, 1.54) is 4.31 Å². The molecule has 1 aliphatic rings. The topological polar surface area (TPSA) is 86.8 Å². The summed E-state index contributed by atoms with van der Waals surface area (Å²) >= 11 is 0. The third kappa shape index (κ3) is 7.58. The summed E-state index contributed by atoms with van der Waals surface area (Å²) in [6, 6.07) is 25.1. The van der Waals surface area contributed by atoms with Crippen molar-refractivity contribution in [2.45, 2.75) is 57.0 Å². The maximum Gasteiger partial charge on any atom is 0.247 e. The molecule has 4 rings (SSSR count). The van der Waals surface area contributed by atoms with Crippen LogP contribution in [0.25, 0.3) is 0 Å². The number of rotatable bonds is 12. The third-order valence-corrected chi connectivity index (χ3v) is 9.04. The van der Waals surface area contributed by atoms with Crippen LogP contribution in [0, 0.1) is 5.92 Å². The normalized spacial score (nSPS) is 14.7. The van der Waals surface area contributed by atoms with E-state index in [9.17, 15) is 18.0 Å². The first-order valence-corrected chi connectivity index (χ1v) is 15.4. The highest BCUT2D eigenvalue weighted by molar-refractivity contribution is 7.89. The second-order valence-electron chi connectivity index (χ2n) is 10.7. The number of amides is 2. The molecule has 1 aliphatic heterocycles. The molecule has 8 heteroatoms. The fourth-order valence-electron chi connectivity index (χ4n) is 4.91. The van der Waals surface area contributed by atoms with Crippen molar-refractivity contribution in [3.63, 3.8) is 0 Å². The number of benzene rings is 3. The second-order valence-corrected chi connectivity index (χ2v) is 12.7. The molecular formula is C32H39N3O4S. The largest absolute Gasteiger partial charge is 0.354 e. The highest BCUT2D eigenvalue weighted by Gasteiger charge is 2.31. The Kier molecular flexibility index (Phi) is 10.1. The number of nitrogens with zero attached hydrogens (tertiary/aromatic N) is 2. The lowest BCUT2D eigenvalue weighted by Gasteiger charge is -2.32. The van der Waals surface area contributed by atoms with Gasteiger partial charge < -0.3 is 10.2 Å². The van der Waals surface area contributed by atoms with E-state index in [0.717, 1.165) is 29.5 Å². The molecule has 212 valence electrons. The molecule has 0 spiro atoms. The lowest BCUT2D eigenvalue weighted by molar-refractivity contribution is -0.141. The Balaban J connectivity index is 1.55. The minimum atomic E-state index is -3.48. The van der Waals surface area contributed by atoms with Gasteiger partial charge in [-0.25, -0.2) is 8.42 Å². The highest BCUT2D eigenvalue weighted by atomic mass is 32.2. The predicted molar refractivity (Wildman–Crippen MR) is 157 cm³/mol. The van der Waals surface area contributed by atoms with Crippen molar-refractivity contribution in [2.75, 3.05) is 19.6 Å². The van der Waals surface area contributed by atoms with E-state index < -0.39 is 16.1 Å². The van der Waals surface area contributed by atoms with E-state index in [1.807, 2.05) is 74.5 Å². The summed E-state index contributed by atoms with van der Waals surface area (Å²) in [6.07, 6.45) is 2.39. The Morgan fingerprint density at radius 2 is 1.45 bits per heavy atom. The van der Waals surface area contributed by atoms with Gasteiger partial charge in [0.15, 0.2) is 0 Å². The van der Waals surface area contributed by atoms with E-state index in [1.54, 1.807) is 29.2 Å². The zero-order chi connectivity index (χ0) is 28.5. The van der Waals surface area contributed by atoms with Gasteiger partial charge >= 0.3 is 0 Å². The molecular weight excluding hydrogens is 522 g/mol. The van der Waals surface area contributed by atoms with Crippen molar-refractivity contribution < 1.29 is 18.0 Å². The first-order valence-electron chi connectivity index (χ1n) is 14.0. The van der Waals surface area contributed by atoms with Crippen LogP contribution in [-0.4, -0.2) is 49.1 Å². The quantitative estimate of drug-likeness (QED) is 0.339. The van der Waals surface area contributed by atoms with E-state index in [0.29, 0.717) is 32.6 Å². The Labute approximate surface area is 238 Å². The van der Waals surface area contributed by atoms with Gasteiger partial charge in [0, 0.05) is 32.6 Å². The van der Waals surface area contributed by atoms with Crippen LogP contribution in [0.4, 0.5) is 0 Å². The maximum absolute atomic E-state index is 13.8. The van der Waals surface area contributed by atoms with Gasteiger partial charge in [-0.15, -0.1) is 0 Å². The predicted octanol–water partition coefficient (Wildman–Crippen LogP) is 4.95. The number of sulfonamides is 1. The van der Waals surface area contributed by atoms with Crippen molar-refractivity contribution in [1.29, 1.82) is 0 Å². The van der Waals surface area contributed by atoms with Crippen molar-refractivity contribution in [3.05, 3.63) is 102 Å². The Morgan fingerprint density at radius 1 is 0.850 bits per heavy atom. The van der Waals surface area contributed by atoms with Crippen LogP contribution in [0.1, 0.15) is 55.8 Å². The smallest absolute Gasteiger partial charge is 0.247 e. The second kappa shape index (κ2) is 13.7. The molecule has 0 radical (unpaired) electrons. The van der Waals surface area contributed by atoms with Gasteiger partial charge in [-0.2, -0.15) is 4.31 Å². The van der Waals surface area contributed by atoms with Gasteiger partial charge in [-0.05, 0) is 54.0 Å². The molecule has 7 nitrogen and oxygen atoms in total. The lowest BCUT2D eigenvalue weighted by atomic mass is 10.0. The number of hydrogen-bond acceptors (Lipinski definition) is 4.